The van der Waals surface area contributed by atoms with Gasteiger partial charge in [-0.2, -0.15) is 0 Å². The minimum Gasteiger partial charge on any atom is -0.377 e. The van der Waals surface area contributed by atoms with Gasteiger partial charge in [0.2, 0.25) is 5.91 Å². The molecule has 0 saturated carbocycles. The fourth-order valence-electron chi connectivity index (χ4n) is 2.60. The van der Waals surface area contributed by atoms with E-state index in [-0.39, 0.29) is 18.2 Å². The normalized spacial score (nSPS) is 14.3. The van der Waals surface area contributed by atoms with Crippen molar-refractivity contribution < 1.29 is 19.0 Å². The Morgan fingerprint density at radius 2 is 2.04 bits per heavy atom. The summed E-state index contributed by atoms with van der Waals surface area (Å²) in [6.07, 6.45) is 2.60. The lowest BCUT2D eigenvalue weighted by Crippen LogP contribution is -2.45. The Balaban J connectivity index is 1.68. The fraction of sp³-hybridized carbons (Fsp3) is 0.375. The molecule has 0 atom stereocenters. The Labute approximate surface area is 138 Å². The number of amides is 2. The highest BCUT2D eigenvalue weighted by atomic mass is 16.6. The molecule has 2 heterocycles. The number of benzene rings is 1. The van der Waals surface area contributed by atoms with Crippen LogP contribution in [0.5, 0.6) is 0 Å². The van der Waals surface area contributed by atoms with Crippen LogP contribution in [-0.4, -0.2) is 58.4 Å². The van der Waals surface area contributed by atoms with Gasteiger partial charge in [-0.1, -0.05) is 6.08 Å². The van der Waals surface area contributed by atoms with Gasteiger partial charge in [-0.3, -0.25) is 14.6 Å². The van der Waals surface area contributed by atoms with Gasteiger partial charge < -0.3 is 4.74 Å². The number of carbonyl (C=O) groups is 2. The molecule has 1 fully saturated rings. The molecule has 1 aliphatic heterocycles. The van der Waals surface area contributed by atoms with E-state index in [1.54, 1.807) is 24.3 Å². The monoisotopic (exact) mass is 330 g/mol. The summed E-state index contributed by atoms with van der Waals surface area (Å²) in [4.78, 5) is 25.0. The third kappa shape index (κ3) is 3.28. The fourth-order valence-corrected chi connectivity index (χ4v) is 2.60. The van der Waals surface area contributed by atoms with Crippen molar-refractivity contribution in [3.8, 4) is 0 Å². The molecule has 0 N–H and O–H groups in total. The second-order valence-electron chi connectivity index (χ2n) is 5.38. The number of hydrazine groups is 1. The van der Waals surface area contributed by atoms with Crippen molar-refractivity contribution in [2.75, 3.05) is 26.3 Å². The summed E-state index contributed by atoms with van der Waals surface area (Å²) in [5.74, 6) is -0.369. The molecule has 8 nitrogen and oxygen atoms in total. The smallest absolute Gasteiger partial charge is 0.272 e. The highest BCUT2D eigenvalue weighted by Crippen LogP contribution is 2.18. The first-order valence-corrected chi connectivity index (χ1v) is 7.74. The molecule has 24 heavy (non-hydrogen) atoms. The van der Waals surface area contributed by atoms with Gasteiger partial charge in [-0.15, -0.1) is 6.58 Å². The molecule has 3 rings (SSSR count). The lowest BCUT2D eigenvalue weighted by molar-refractivity contribution is -0.141. The highest BCUT2D eigenvalue weighted by molar-refractivity contribution is 5.98. The van der Waals surface area contributed by atoms with E-state index < -0.39 is 0 Å². The number of nitrogens with zero attached hydrogens (tertiary/aromatic N) is 4. The van der Waals surface area contributed by atoms with E-state index in [1.165, 1.54) is 10.0 Å². The van der Waals surface area contributed by atoms with E-state index in [2.05, 4.69) is 21.5 Å². The Morgan fingerprint density at radius 3 is 2.88 bits per heavy atom. The maximum Gasteiger partial charge on any atom is 0.272 e. The van der Waals surface area contributed by atoms with Crippen molar-refractivity contribution in [3.63, 3.8) is 0 Å². The molecule has 2 aromatic rings. The average molecular weight is 330 g/mol. The SMILES string of the molecule is C=CCOCCC(=O)N1CCCN1C(=O)c1ccc2nonc2c1. The predicted octanol–water partition coefficient (Wildman–Crippen LogP) is 1.40. The summed E-state index contributed by atoms with van der Waals surface area (Å²) in [6, 6.07) is 4.94. The number of hydrogen-bond donors (Lipinski definition) is 0. The molecule has 126 valence electrons. The largest absolute Gasteiger partial charge is 0.377 e. The van der Waals surface area contributed by atoms with Crippen LogP contribution < -0.4 is 0 Å². The number of ether oxygens (including phenoxy) is 1. The molecule has 0 spiro atoms. The molecule has 0 bridgehead atoms. The zero-order valence-electron chi connectivity index (χ0n) is 13.2. The van der Waals surface area contributed by atoms with Gasteiger partial charge in [0.25, 0.3) is 5.91 Å². The second kappa shape index (κ2) is 7.22. The summed E-state index contributed by atoms with van der Waals surface area (Å²) >= 11 is 0. The van der Waals surface area contributed by atoms with Crippen LogP contribution in [0.2, 0.25) is 0 Å². The van der Waals surface area contributed by atoms with Gasteiger partial charge in [0, 0.05) is 18.7 Å². The van der Waals surface area contributed by atoms with Crippen LogP contribution >= 0.6 is 0 Å². The Morgan fingerprint density at radius 1 is 1.25 bits per heavy atom. The third-order valence-corrected chi connectivity index (χ3v) is 3.75. The molecule has 1 aliphatic rings. The quantitative estimate of drug-likeness (QED) is 0.588. The summed E-state index contributed by atoms with van der Waals surface area (Å²) < 4.78 is 9.88. The summed E-state index contributed by atoms with van der Waals surface area (Å²) in [5, 5.41) is 10.4. The van der Waals surface area contributed by atoms with Crippen molar-refractivity contribution in [2.24, 2.45) is 0 Å². The molecular formula is C16H18N4O4. The zero-order valence-corrected chi connectivity index (χ0v) is 13.2. The van der Waals surface area contributed by atoms with Gasteiger partial charge in [0.15, 0.2) is 0 Å². The number of hydrogen-bond acceptors (Lipinski definition) is 6. The van der Waals surface area contributed by atoms with Gasteiger partial charge in [0.05, 0.1) is 19.6 Å². The molecule has 0 aliphatic carbocycles. The minimum atomic E-state index is -0.238. The second-order valence-corrected chi connectivity index (χ2v) is 5.38. The van der Waals surface area contributed by atoms with E-state index in [4.69, 9.17) is 4.74 Å². The molecule has 1 aromatic carbocycles. The molecule has 1 saturated heterocycles. The van der Waals surface area contributed by atoms with Crippen molar-refractivity contribution in [2.45, 2.75) is 12.8 Å². The third-order valence-electron chi connectivity index (χ3n) is 3.75. The van der Waals surface area contributed by atoms with Crippen LogP contribution in [0.25, 0.3) is 11.0 Å². The van der Waals surface area contributed by atoms with Crippen molar-refractivity contribution in [1.29, 1.82) is 0 Å². The number of fused-ring (bicyclic) bond motifs is 1. The van der Waals surface area contributed by atoms with Crippen LogP contribution in [0.15, 0.2) is 35.5 Å². The minimum absolute atomic E-state index is 0.130. The standard InChI is InChI=1S/C16H18N4O4/c1-2-9-23-10-6-15(21)19-7-3-8-20(19)16(22)12-4-5-13-14(11-12)18-24-17-13/h2,4-5,11H,1,3,6-10H2. The van der Waals surface area contributed by atoms with Gasteiger partial charge in [-0.05, 0) is 34.9 Å². The van der Waals surface area contributed by atoms with E-state index in [1.807, 2.05) is 0 Å². The van der Waals surface area contributed by atoms with E-state index in [0.29, 0.717) is 42.9 Å². The van der Waals surface area contributed by atoms with Crippen LogP contribution in [-0.2, 0) is 9.53 Å². The lowest BCUT2D eigenvalue weighted by Gasteiger charge is -2.28. The van der Waals surface area contributed by atoms with E-state index in [9.17, 15) is 9.59 Å². The first-order valence-electron chi connectivity index (χ1n) is 7.74. The number of rotatable bonds is 6. The maximum atomic E-state index is 12.7. The summed E-state index contributed by atoms with van der Waals surface area (Å²) in [6.45, 7) is 5.30. The van der Waals surface area contributed by atoms with Crippen molar-refractivity contribution in [1.82, 2.24) is 20.3 Å². The Kier molecular flexibility index (Phi) is 4.85. The average Bonchev–Trinajstić information content (AvgIpc) is 3.25. The van der Waals surface area contributed by atoms with Crippen LogP contribution in [0.4, 0.5) is 0 Å². The zero-order chi connectivity index (χ0) is 16.9. The van der Waals surface area contributed by atoms with Crippen molar-refractivity contribution in [3.05, 3.63) is 36.4 Å². The summed E-state index contributed by atoms with van der Waals surface area (Å²) in [7, 11) is 0. The maximum absolute atomic E-state index is 12.7. The number of carbonyl (C=O) groups excluding carboxylic acids is 2. The first kappa shape index (κ1) is 16.1. The van der Waals surface area contributed by atoms with Crippen molar-refractivity contribution >= 4 is 22.8 Å². The molecular weight excluding hydrogens is 312 g/mol. The van der Waals surface area contributed by atoms with E-state index in [0.717, 1.165) is 6.42 Å². The molecule has 1 aromatic heterocycles. The lowest BCUT2D eigenvalue weighted by atomic mass is 10.2. The van der Waals surface area contributed by atoms with Crippen LogP contribution in [0, 0.1) is 0 Å². The van der Waals surface area contributed by atoms with Gasteiger partial charge in [-0.25, -0.2) is 9.64 Å². The first-order chi connectivity index (χ1) is 11.7. The molecule has 2 amide bonds. The topological polar surface area (TPSA) is 88.8 Å². The van der Waals surface area contributed by atoms with Gasteiger partial charge >= 0.3 is 0 Å². The Bertz CT molecular complexity index is 757. The molecule has 0 radical (unpaired) electrons. The van der Waals surface area contributed by atoms with E-state index >= 15 is 0 Å². The highest BCUT2D eigenvalue weighted by Gasteiger charge is 2.31. The molecule has 0 unspecified atom stereocenters. The van der Waals surface area contributed by atoms with Gasteiger partial charge in [0.1, 0.15) is 11.0 Å². The van der Waals surface area contributed by atoms with Crippen LogP contribution in [0.1, 0.15) is 23.2 Å². The predicted molar refractivity (Wildman–Crippen MR) is 84.8 cm³/mol. The Hall–Kier alpha value is -2.74. The van der Waals surface area contributed by atoms with Crippen LogP contribution in [0.3, 0.4) is 0 Å². The number of aromatic nitrogens is 2. The molecule has 8 heteroatoms. The summed E-state index contributed by atoms with van der Waals surface area (Å²) in [5.41, 5.74) is 1.54.